The zero-order valence-electron chi connectivity index (χ0n) is 17.9. The van der Waals surface area contributed by atoms with Crippen molar-refractivity contribution < 1.29 is 19.0 Å². The molecular formula is C22H26N4O4S. The molecule has 31 heavy (non-hydrogen) atoms. The van der Waals surface area contributed by atoms with Crippen molar-refractivity contribution in [1.29, 1.82) is 0 Å². The normalized spacial score (nSPS) is 13.9. The number of hydrogen-bond donors (Lipinski definition) is 1. The van der Waals surface area contributed by atoms with Crippen LogP contribution < -0.4 is 24.4 Å². The average molecular weight is 443 g/mol. The molecular weight excluding hydrogens is 416 g/mol. The first-order valence-corrected chi connectivity index (χ1v) is 11.0. The smallest absolute Gasteiger partial charge is 0.321 e. The minimum atomic E-state index is -0.130. The summed E-state index contributed by atoms with van der Waals surface area (Å²) in [6.45, 7) is 5.27. The number of carbonyl (C=O) groups excluding carboxylic acids is 1. The number of para-hydroxylation sites is 1. The van der Waals surface area contributed by atoms with Crippen LogP contribution in [-0.2, 0) is 0 Å². The Morgan fingerprint density at radius 2 is 1.84 bits per heavy atom. The van der Waals surface area contributed by atoms with E-state index >= 15 is 0 Å². The fourth-order valence-corrected chi connectivity index (χ4v) is 4.57. The van der Waals surface area contributed by atoms with E-state index < -0.39 is 0 Å². The number of nitrogens with zero attached hydrogens (tertiary/aromatic N) is 3. The maximum atomic E-state index is 12.7. The highest BCUT2D eigenvalue weighted by atomic mass is 32.1. The van der Waals surface area contributed by atoms with Crippen molar-refractivity contribution in [3.8, 4) is 17.2 Å². The van der Waals surface area contributed by atoms with Gasteiger partial charge in [0.15, 0.2) is 16.6 Å². The summed E-state index contributed by atoms with van der Waals surface area (Å²) in [6.07, 6.45) is 0. The van der Waals surface area contributed by atoms with Gasteiger partial charge in [-0.1, -0.05) is 17.4 Å². The highest BCUT2D eigenvalue weighted by molar-refractivity contribution is 7.22. The molecule has 1 aliphatic heterocycles. The Morgan fingerprint density at radius 3 is 2.55 bits per heavy atom. The SMILES string of the molecule is CCOc1cccc2sc(N3CCN(C(=O)Nc4ccc(OC)c(OC)c4)CC3)nc12. The highest BCUT2D eigenvalue weighted by Gasteiger charge is 2.24. The quantitative estimate of drug-likeness (QED) is 0.620. The van der Waals surface area contributed by atoms with Gasteiger partial charge in [-0.25, -0.2) is 9.78 Å². The molecule has 2 heterocycles. The number of fused-ring (bicyclic) bond motifs is 1. The molecule has 1 fully saturated rings. The van der Waals surface area contributed by atoms with Crippen LogP contribution in [0.2, 0.25) is 0 Å². The van der Waals surface area contributed by atoms with E-state index in [4.69, 9.17) is 19.2 Å². The molecule has 0 unspecified atom stereocenters. The molecule has 0 saturated carbocycles. The third-order valence-corrected chi connectivity index (χ3v) is 6.22. The molecule has 2 aromatic carbocycles. The molecule has 0 aliphatic carbocycles. The molecule has 1 saturated heterocycles. The number of aromatic nitrogens is 1. The fraction of sp³-hybridized carbons (Fsp3) is 0.364. The van der Waals surface area contributed by atoms with Crippen LogP contribution in [0.25, 0.3) is 10.2 Å². The lowest BCUT2D eigenvalue weighted by Gasteiger charge is -2.34. The lowest BCUT2D eigenvalue weighted by atomic mass is 10.2. The summed E-state index contributed by atoms with van der Waals surface area (Å²) < 4.78 is 17.4. The average Bonchev–Trinajstić information content (AvgIpc) is 3.24. The highest BCUT2D eigenvalue weighted by Crippen LogP contribution is 2.34. The molecule has 0 bridgehead atoms. The molecule has 2 amide bonds. The molecule has 0 spiro atoms. The van der Waals surface area contributed by atoms with Crippen molar-refractivity contribution in [2.24, 2.45) is 0 Å². The van der Waals surface area contributed by atoms with E-state index in [2.05, 4.69) is 16.3 Å². The van der Waals surface area contributed by atoms with Crippen molar-refractivity contribution in [2.45, 2.75) is 6.92 Å². The van der Waals surface area contributed by atoms with Crippen LogP contribution in [-0.4, -0.2) is 62.9 Å². The van der Waals surface area contributed by atoms with E-state index in [9.17, 15) is 4.79 Å². The van der Waals surface area contributed by atoms with Gasteiger partial charge in [0.1, 0.15) is 11.3 Å². The molecule has 1 N–H and O–H groups in total. The lowest BCUT2D eigenvalue weighted by Crippen LogP contribution is -2.50. The Balaban J connectivity index is 1.39. The topological polar surface area (TPSA) is 76.2 Å². The Morgan fingerprint density at radius 1 is 1.06 bits per heavy atom. The predicted molar refractivity (Wildman–Crippen MR) is 123 cm³/mol. The molecule has 9 heteroatoms. The van der Waals surface area contributed by atoms with Crippen molar-refractivity contribution >= 4 is 38.4 Å². The second kappa shape index (κ2) is 9.30. The van der Waals surface area contributed by atoms with Gasteiger partial charge in [0.25, 0.3) is 0 Å². The molecule has 3 aromatic rings. The van der Waals surface area contributed by atoms with Crippen LogP contribution in [0.5, 0.6) is 17.2 Å². The number of carbonyl (C=O) groups is 1. The number of methoxy groups -OCH3 is 2. The van der Waals surface area contributed by atoms with Crippen LogP contribution in [0.3, 0.4) is 0 Å². The first-order chi connectivity index (χ1) is 15.1. The van der Waals surface area contributed by atoms with Gasteiger partial charge in [-0.05, 0) is 31.2 Å². The van der Waals surface area contributed by atoms with Gasteiger partial charge in [0, 0.05) is 37.9 Å². The van der Waals surface area contributed by atoms with Gasteiger partial charge in [0.05, 0.1) is 25.5 Å². The number of urea groups is 1. The zero-order valence-corrected chi connectivity index (χ0v) is 18.7. The largest absolute Gasteiger partial charge is 0.493 e. The number of thiazole rings is 1. The van der Waals surface area contributed by atoms with Gasteiger partial charge in [-0.2, -0.15) is 0 Å². The predicted octanol–water partition coefficient (Wildman–Crippen LogP) is 4.07. The fourth-order valence-electron chi connectivity index (χ4n) is 3.54. The van der Waals surface area contributed by atoms with Gasteiger partial charge >= 0.3 is 6.03 Å². The van der Waals surface area contributed by atoms with E-state index in [1.54, 1.807) is 43.8 Å². The summed E-state index contributed by atoms with van der Waals surface area (Å²) in [5.41, 5.74) is 1.57. The molecule has 4 rings (SSSR count). The number of benzene rings is 2. The molecule has 1 aromatic heterocycles. The van der Waals surface area contributed by atoms with E-state index in [0.717, 1.165) is 34.2 Å². The first kappa shape index (κ1) is 21.0. The molecule has 164 valence electrons. The van der Waals surface area contributed by atoms with Gasteiger partial charge in [-0.15, -0.1) is 0 Å². The summed E-state index contributed by atoms with van der Waals surface area (Å²) in [5.74, 6) is 2.01. The Hall–Kier alpha value is -3.20. The van der Waals surface area contributed by atoms with E-state index in [1.165, 1.54) is 0 Å². The standard InChI is InChI=1S/C22H26N4O4S/c1-4-30-17-6-5-7-19-20(17)24-22(31-19)26-12-10-25(11-13-26)21(27)23-15-8-9-16(28-2)18(14-15)29-3/h5-9,14H,4,10-13H2,1-3H3,(H,23,27). The monoisotopic (exact) mass is 442 g/mol. The lowest BCUT2D eigenvalue weighted by molar-refractivity contribution is 0.208. The maximum absolute atomic E-state index is 12.7. The number of ether oxygens (including phenoxy) is 3. The number of piperazine rings is 1. The summed E-state index contributed by atoms with van der Waals surface area (Å²) in [6, 6.07) is 11.2. The van der Waals surface area contributed by atoms with Gasteiger partial charge < -0.3 is 29.3 Å². The minimum absolute atomic E-state index is 0.130. The van der Waals surface area contributed by atoms with Gasteiger partial charge in [-0.3, -0.25) is 0 Å². The zero-order chi connectivity index (χ0) is 21.8. The number of amides is 2. The summed E-state index contributed by atoms with van der Waals surface area (Å²) >= 11 is 1.65. The number of hydrogen-bond acceptors (Lipinski definition) is 7. The number of rotatable bonds is 6. The third-order valence-electron chi connectivity index (χ3n) is 5.14. The van der Waals surface area contributed by atoms with E-state index in [-0.39, 0.29) is 6.03 Å². The summed E-state index contributed by atoms with van der Waals surface area (Å²) in [5, 5.41) is 3.90. The Bertz CT molecular complexity index is 1060. The Labute approximate surface area is 185 Å². The summed E-state index contributed by atoms with van der Waals surface area (Å²) in [4.78, 5) is 21.6. The number of nitrogens with one attached hydrogen (secondary N) is 1. The molecule has 1 aliphatic rings. The molecule has 8 nitrogen and oxygen atoms in total. The van der Waals surface area contributed by atoms with Crippen LogP contribution >= 0.6 is 11.3 Å². The van der Waals surface area contributed by atoms with Gasteiger partial charge in [0.2, 0.25) is 0 Å². The van der Waals surface area contributed by atoms with Crippen molar-refractivity contribution in [3.63, 3.8) is 0 Å². The number of anilines is 2. The van der Waals surface area contributed by atoms with Crippen molar-refractivity contribution in [3.05, 3.63) is 36.4 Å². The van der Waals surface area contributed by atoms with Crippen molar-refractivity contribution in [1.82, 2.24) is 9.88 Å². The molecule has 0 radical (unpaired) electrons. The Kier molecular flexibility index (Phi) is 6.31. The first-order valence-electron chi connectivity index (χ1n) is 10.2. The minimum Gasteiger partial charge on any atom is -0.493 e. The van der Waals surface area contributed by atoms with E-state index in [1.807, 2.05) is 24.0 Å². The van der Waals surface area contributed by atoms with Crippen LogP contribution in [0.4, 0.5) is 15.6 Å². The molecule has 0 atom stereocenters. The van der Waals surface area contributed by atoms with Crippen LogP contribution in [0.1, 0.15) is 6.92 Å². The van der Waals surface area contributed by atoms with Crippen molar-refractivity contribution in [2.75, 3.05) is 57.2 Å². The third kappa shape index (κ3) is 4.46. The summed E-state index contributed by atoms with van der Waals surface area (Å²) in [7, 11) is 3.15. The maximum Gasteiger partial charge on any atom is 0.321 e. The van der Waals surface area contributed by atoms with Crippen LogP contribution in [0.15, 0.2) is 36.4 Å². The second-order valence-electron chi connectivity index (χ2n) is 7.01. The second-order valence-corrected chi connectivity index (χ2v) is 8.02. The van der Waals surface area contributed by atoms with E-state index in [0.29, 0.717) is 36.9 Å². The van der Waals surface area contributed by atoms with Crippen LogP contribution in [0, 0.1) is 0 Å².